The van der Waals surface area contributed by atoms with E-state index >= 15 is 0 Å². The third-order valence-electron chi connectivity index (χ3n) is 3.68. The Morgan fingerprint density at radius 1 is 1.13 bits per heavy atom. The lowest BCUT2D eigenvalue weighted by Gasteiger charge is -2.13. The van der Waals surface area contributed by atoms with Gasteiger partial charge in [-0.25, -0.2) is 0 Å². The van der Waals surface area contributed by atoms with Gasteiger partial charge >= 0.3 is 5.97 Å². The van der Waals surface area contributed by atoms with Crippen molar-refractivity contribution in [3.05, 3.63) is 42.0 Å². The van der Waals surface area contributed by atoms with E-state index in [1.807, 2.05) is 43.3 Å². The Hall–Kier alpha value is -2.56. The Balaban J connectivity index is 2.09. The predicted molar refractivity (Wildman–Crippen MR) is 88.6 cm³/mol. The Morgan fingerprint density at radius 3 is 2.52 bits per heavy atom. The summed E-state index contributed by atoms with van der Waals surface area (Å²) in [4.78, 5) is 23.4. The standard InChI is InChI=1S/C18H21NO4/c1-4-23-17(20)11-19-18(21)12(2)13-5-6-15-10-16(22-3)8-7-14(15)9-13/h5-10,12H,4,11H2,1-3H3,(H,19,21)/t12-/m0/s1. The highest BCUT2D eigenvalue weighted by Gasteiger charge is 2.16. The highest BCUT2D eigenvalue weighted by molar-refractivity contribution is 5.89. The second kappa shape index (κ2) is 7.63. The van der Waals surface area contributed by atoms with Crippen LogP contribution in [0.2, 0.25) is 0 Å². The van der Waals surface area contributed by atoms with Gasteiger partial charge in [0.15, 0.2) is 0 Å². The zero-order chi connectivity index (χ0) is 16.8. The Labute approximate surface area is 135 Å². The van der Waals surface area contributed by atoms with Crippen molar-refractivity contribution in [3.8, 4) is 5.75 Å². The van der Waals surface area contributed by atoms with Crippen LogP contribution < -0.4 is 10.1 Å². The molecule has 0 spiro atoms. The van der Waals surface area contributed by atoms with E-state index in [1.165, 1.54) is 0 Å². The number of fused-ring (bicyclic) bond motifs is 1. The first-order valence-electron chi connectivity index (χ1n) is 7.56. The summed E-state index contributed by atoms with van der Waals surface area (Å²) in [6.45, 7) is 3.73. The normalized spacial score (nSPS) is 11.8. The summed E-state index contributed by atoms with van der Waals surface area (Å²) in [6, 6.07) is 11.6. The lowest BCUT2D eigenvalue weighted by atomic mass is 9.97. The number of rotatable bonds is 6. The van der Waals surface area contributed by atoms with Crippen molar-refractivity contribution in [2.24, 2.45) is 0 Å². The van der Waals surface area contributed by atoms with Gasteiger partial charge in [-0.15, -0.1) is 0 Å². The minimum absolute atomic E-state index is 0.109. The molecule has 1 amide bonds. The summed E-state index contributed by atoms with van der Waals surface area (Å²) in [5, 5.41) is 4.68. The van der Waals surface area contributed by atoms with Gasteiger partial charge in [-0.05, 0) is 42.3 Å². The van der Waals surface area contributed by atoms with Crippen molar-refractivity contribution in [1.82, 2.24) is 5.32 Å². The van der Waals surface area contributed by atoms with E-state index in [1.54, 1.807) is 14.0 Å². The molecule has 0 unspecified atom stereocenters. The largest absolute Gasteiger partial charge is 0.497 e. The van der Waals surface area contributed by atoms with Crippen LogP contribution in [0.25, 0.3) is 10.8 Å². The number of amides is 1. The van der Waals surface area contributed by atoms with E-state index in [-0.39, 0.29) is 18.4 Å². The first-order valence-corrected chi connectivity index (χ1v) is 7.56. The van der Waals surface area contributed by atoms with Crippen LogP contribution in [0.5, 0.6) is 5.75 Å². The van der Waals surface area contributed by atoms with Crippen LogP contribution in [-0.2, 0) is 14.3 Å². The molecular formula is C18H21NO4. The molecule has 0 bridgehead atoms. The van der Waals surface area contributed by atoms with Crippen molar-refractivity contribution in [1.29, 1.82) is 0 Å². The molecule has 0 saturated heterocycles. The number of benzene rings is 2. The molecule has 1 N–H and O–H groups in total. The maximum atomic E-state index is 12.1. The summed E-state index contributed by atoms with van der Waals surface area (Å²) >= 11 is 0. The molecule has 5 nitrogen and oxygen atoms in total. The Morgan fingerprint density at radius 2 is 1.83 bits per heavy atom. The number of hydrogen-bond acceptors (Lipinski definition) is 4. The van der Waals surface area contributed by atoms with Gasteiger partial charge in [0.05, 0.1) is 19.6 Å². The summed E-state index contributed by atoms with van der Waals surface area (Å²) in [5.74, 6) is -0.189. The molecule has 2 aromatic carbocycles. The molecule has 23 heavy (non-hydrogen) atoms. The topological polar surface area (TPSA) is 64.6 Å². The van der Waals surface area contributed by atoms with Crippen LogP contribution in [0.15, 0.2) is 36.4 Å². The molecule has 2 aromatic rings. The van der Waals surface area contributed by atoms with Gasteiger partial charge < -0.3 is 14.8 Å². The van der Waals surface area contributed by atoms with Crippen LogP contribution in [-0.4, -0.2) is 32.1 Å². The number of esters is 1. The number of hydrogen-bond donors (Lipinski definition) is 1. The molecule has 0 radical (unpaired) electrons. The van der Waals surface area contributed by atoms with Gasteiger partial charge in [0.2, 0.25) is 5.91 Å². The molecule has 5 heteroatoms. The fraction of sp³-hybridized carbons (Fsp3) is 0.333. The Kier molecular flexibility index (Phi) is 5.57. The molecule has 0 aliphatic carbocycles. The van der Waals surface area contributed by atoms with E-state index in [0.29, 0.717) is 6.61 Å². The van der Waals surface area contributed by atoms with Crippen molar-refractivity contribution < 1.29 is 19.1 Å². The van der Waals surface area contributed by atoms with Gasteiger partial charge in [-0.3, -0.25) is 9.59 Å². The second-order valence-electron chi connectivity index (χ2n) is 5.22. The summed E-state index contributed by atoms with van der Waals surface area (Å²) in [7, 11) is 1.63. The summed E-state index contributed by atoms with van der Waals surface area (Å²) in [5.41, 5.74) is 0.893. The predicted octanol–water partition coefficient (Wildman–Crippen LogP) is 2.63. The minimum atomic E-state index is -0.432. The maximum Gasteiger partial charge on any atom is 0.325 e. The highest BCUT2D eigenvalue weighted by Crippen LogP contribution is 2.25. The number of methoxy groups -OCH3 is 1. The van der Waals surface area contributed by atoms with Crippen LogP contribution >= 0.6 is 0 Å². The third-order valence-corrected chi connectivity index (χ3v) is 3.68. The van der Waals surface area contributed by atoms with E-state index < -0.39 is 5.97 Å². The molecule has 0 fully saturated rings. The third kappa shape index (κ3) is 4.22. The molecule has 0 aromatic heterocycles. The lowest BCUT2D eigenvalue weighted by molar-refractivity contribution is -0.143. The van der Waals surface area contributed by atoms with Gasteiger partial charge in [-0.1, -0.05) is 24.3 Å². The monoisotopic (exact) mass is 315 g/mol. The SMILES string of the molecule is CCOC(=O)CNC(=O)[C@@H](C)c1ccc2cc(OC)ccc2c1. The van der Waals surface area contributed by atoms with Gasteiger partial charge in [0.1, 0.15) is 12.3 Å². The smallest absolute Gasteiger partial charge is 0.325 e. The maximum absolute atomic E-state index is 12.1. The highest BCUT2D eigenvalue weighted by atomic mass is 16.5. The van der Waals surface area contributed by atoms with Crippen LogP contribution in [0.3, 0.4) is 0 Å². The number of nitrogens with one attached hydrogen (secondary N) is 1. The van der Waals surface area contributed by atoms with Crippen LogP contribution in [0.4, 0.5) is 0 Å². The van der Waals surface area contributed by atoms with Crippen LogP contribution in [0.1, 0.15) is 25.3 Å². The van der Waals surface area contributed by atoms with Crippen molar-refractivity contribution >= 4 is 22.6 Å². The van der Waals surface area contributed by atoms with Crippen molar-refractivity contribution in [2.45, 2.75) is 19.8 Å². The first kappa shape index (κ1) is 16.8. The van der Waals surface area contributed by atoms with E-state index in [4.69, 9.17) is 9.47 Å². The average molecular weight is 315 g/mol. The van der Waals surface area contributed by atoms with Gasteiger partial charge in [0, 0.05) is 0 Å². The number of ether oxygens (including phenoxy) is 2. The van der Waals surface area contributed by atoms with Gasteiger partial charge in [0.25, 0.3) is 0 Å². The first-order chi connectivity index (χ1) is 11.0. The van der Waals surface area contributed by atoms with Crippen LogP contribution in [0, 0.1) is 0 Å². The fourth-order valence-electron chi connectivity index (χ4n) is 2.31. The van der Waals surface area contributed by atoms with Crippen molar-refractivity contribution in [2.75, 3.05) is 20.3 Å². The molecule has 0 aliphatic rings. The van der Waals surface area contributed by atoms with Gasteiger partial charge in [-0.2, -0.15) is 0 Å². The zero-order valence-corrected chi connectivity index (χ0v) is 13.6. The summed E-state index contributed by atoms with van der Waals surface area (Å²) in [6.07, 6.45) is 0. The molecule has 0 aliphatic heterocycles. The number of carbonyl (C=O) groups is 2. The zero-order valence-electron chi connectivity index (χ0n) is 13.6. The second-order valence-corrected chi connectivity index (χ2v) is 5.22. The summed E-state index contributed by atoms with van der Waals surface area (Å²) < 4.78 is 10.00. The quantitative estimate of drug-likeness (QED) is 0.832. The Bertz CT molecular complexity index is 711. The van der Waals surface area contributed by atoms with E-state index in [0.717, 1.165) is 22.1 Å². The minimum Gasteiger partial charge on any atom is -0.497 e. The molecule has 1 atom stereocenters. The molecule has 2 rings (SSSR count). The molecule has 0 heterocycles. The molecule has 122 valence electrons. The molecular weight excluding hydrogens is 294 g/mol. The molecule has 0 saturated carbocycles. The average Bonchev–Trinajstić information content (AvgIpc) is 2.58. The fourth-order valence-corrected chi connectivity index (χ4v) is 2.31. The number of carbonyl (C=O) groups excluding carboxylic acids is 2. The van der Waals surface area contributed by atoms with E-state index in [2.05, 4.69) is 5.32 Å². The van der Waals surface area contributed by atoms with Crippen molar-refractivity contribution in [3.63, 3.8) is 0 Å². The lowest BCUT2D eigenvalue weighted by Crippen LogP contribution is -2.33. The van der Waals surface area contributed by atoms with E-state index in [9.17, 15) is 9.59 Å².